The third kappa shape index (κ3) is 9.08. The van der Waals surface area contributed by atoms with Crippen LogP contribution in [0.5, 0.6) is 0 Å². The average molecular weight is 713 g/mol. The molecule has 1 N–H and O–H groups in total. The zero-order valence-corrected chi connectivity index (χ0v) is 28.8. The first kappa shape index (κ1) is 34.8. The quantitative estimate of drug-likeness (QED) is 0.162. The lowest BCUT2D eigenvalue weighted by atomic mass is 9.94. The van der Waals surface area contributed by atoms with Crippen LogP contribution in [0.2, 0.25) is 15.1 Å². The smallest absolute Gasteiger partial charge is 0.264 e. The van der Waals surface area contributed by atoms with Crippen molar-refractivity contribution in [2.24, 2.45) is 0 Å². The summed E-state index contributed by atoms with van der Waals surface area (Å²) in [4.78, 5) is 30.3. The van der Waals surface area contributed by atoms with Gasteiger partial charge in [-0.3, -0.25) is 13.9 Å². The highest BCUT2D eigenvalue weighted by Crippen LogP contribution is 2.33. The van der Waals surface area contributed by atoms with E-state index in [1.807, 2.05) is 36.4 Å². The lowest BCUT2D eigenvalue weighted by Crippen LogP contribution is -2.55. The molecule has 47 heavy (non-hydrogen) atoms. The van der Waals surface area contributed by atoms with Crippen molar-refractivity contribution in [3.05, 3.63) is 129 Å². The molecule has 0 aromatic heterocycles. The van der Waals surface area contributed by atoms with Gasteiger partial charge < -0.3 is 10.2 Å². The number of hydrogen-bond donors (Lipinski definition) is 1. The molecule has 0 heterocycles. The lowest BCUT2D eigenvalue weighted by molar-refractivity contribution is -0.140. The molecule has 1 fully saturated rings. The number of carbonyl (C=O) groups excluding carboxylic acids is 2. The minimum atomic E-state index is -4.29. The Hall–Kier alpha value is -3.56. The molecule has 0 bridgehead atoms. The van der Waals surface area contributed by atoms with Crippen LogP contribution in [0.4, 0.5) is 5.69 Å². The first-order chi connectivity index (χ1) is 22.6. The molecule has 11 heteroatoms. The maximum absolute atomic E-state index is 14.6. The summed E-state index contributed by atoms with van der Waals surface area (Å²) in [5, 5.41) is 4.05. The van der Waals surface area contributed by atoms with Crippen LogP contribution in [0.25, 0.3) is 0 Å². The van der Waals surface area contributed by atoms with Gasteiger partial charge in [-0.05, 0) is 66.4 Å². The minimum absolute atomic E-state index is 0.000441. The maximum atomic E-state index is 14.6. The van der Waals surface area contributed by atoms with Crippen molar-refractivity contribution in [3.63, 3.8) is 0 Å². The molecule has 0 aliphatic heterocycles. The largest absolute Gasteiger partial charge is 0.352 e. The molecule has 4 aromatic rings. The number of halogens is 3. The second-order valence-corrected chi connectivity index (χ2v) is 14.8. The fraction of sp³-hybridized carbons (Fsp3) is 0.278. The predicted molar refractivity (Wildman–Crippen MR) is 188 cm³/mol. The van der Waals surface area contributed by atoms with Crippen molar-refractivity contribution in [1.82, 2.24) is 10.2 Å². The van der Waals surface area contributed by atoms with Crippen molar-refractivity contribution in [3.8, 4) is 0 Å². The zero-order chi connectivity index (χ0) is 33.4. The third-order valence-corrected chi connectivity index (χ3v) is 10.8. The molecular weight excluding hydrogens is 677 g/mol. The molecule has 1 aliphatic rings. The van der Waals surface area contributed by atoms with Gasteiger partial charge in [-0.25, -0.2) is 8.42 Å². The number of nitrogens with one attached hydrogen (secondary N) is 1. The molecule has 7 nitrogen and oxygen atoms in total. The van der Waals surface area contributed by atoms with E-state index in [0.29, 0.717) is 15.6 Å². The minimum Gasteiger partial charge on any atom is -0.352 e. The summed E-state index contributed by atoms with van der Waals surface area (Å²) >= 11 is 19.1. The first-order valence-electron chi connectivity index (χ1n) is 15.5. The van der Waals surface area contributed by atoms with E-state index in [1.165, 1.54) is 35.2 Å². The molecule has 1 atom stereocenters. The lowest BCUT2D eigenvalue weighted by Gasteiger charge is -2.35. The van der Waals surface area contributed by atoms with Gasteiger partial charge in [0.05, 0.1) is 15.6 Å². The van der Waals surface area contributed by atoms with Crippen LogP contribution >= 0.6 is 34.8 Å². The van der Waals surface area contributed by atoms with Gasteiger partial charge in [0.2, 0.25) is 11.8 Å². The van der Waals surface area contributed by atoms with Gasteiger partial charge in [0.25, 0.3) is 10.0 Å². The monoisotopic (exact) mass is 711 g/mol. The molecule has 0 unspecified atom stereocenters. The van der Waals surface area contributed by atoms with E-state index >= 15 is 0 Å². The van der Waals surface area contributed by atoms with E-state index in [1.54, 1.807) is 36.4 Å². The van der Waals surface area contributed by atoms with Crippen molar-refractivity contribution < 1.29 is 18.0 Å². The van der Waals surface area contributed by atoms with E-state index < -0.39 is 28.5 Å². The highest BCUT2D eigenvalue weighted by atomic mass is 35.5. The average Bonchev–Trinajstić information content (AvgIpc) is 3.07. The van der Waals surface area contributed by atoms with Gasteiger partial charge in [-0.15, -0.1) is 0 Å². The topological polar surface area (TPSA) is 86.8 Å². The molecule has 5 rings (SSSR count). The number of carbonyl (C=O) groups is 2. The number of rotatable bonds is 12. The molecule has 0 spiro atoms. The third-order valence-electron chi connectivity index (χ3n) is 8.25. The Morgan fingerprint density at radius 3 is 2.06 bits per heavy atom. The van der Waals surface area contributed by atoms with Crippen LogP contribution in [0.3, 0.4) is 0 Å². The van der Waals surface area contributed by atoms with Crippen LogP contribution in [0.1, 0.15) is 43.2 Å². The molecule has 0 saturated heterocycles. The van der Waals surface area contributed by atoms with Crippen molar-refractivity contribution in [1.29, 1.82) is 0 Å². The number of amides is 2. The number of nitrogens with zero attached hydrogens (tertiary/aromatic N) is 2. The van der Waals surface area contributed by atoms with Crippen LogP contribution < -0.4 is 9.62 Å². The highest BCUT2D eigenvalue weighted by Gasteiger charge is 2.36. The van der Waals surface area contributed by atoms with Crippen LogP contribution in [-0.4, -0.2) is 43.8 Å². The summed E-state index contributed by atoms with van der Waals surface area (Å²) < 4.78 is 29.3. The Balaban J connectivity index is 1.58. The molecular formula is C36H36Cl3N3O4S. The Morgan fingerprint density at radius 2 is 1.40 bits per heavy atom. The second kappa shape index (κ2) is 16.0. The summed E-state index contributed by atoms with van der Waals surface area (Å²) in [5.74, 6) is -0.881. The maximum Gasteiger partial charge on any atom is 0.264 e. The SMILES string of the molecule is O=C(NC1CCCCC1)[C@H](Cc1ccccc1)N(Cc1cccc(Cl)c1)C(=O)CN(c1ccc(Cl)cc1Cl)S(=O)(=O)c1ccccc1. The van der Waals surface area contributed by atoms with Crippen molar-refractivity contribution in [2.45, 2.75) is 62.0 Å². The molecule has 2 amide bonds. The summed E-state index contributed by atoms with van der Waals surface area (Å²) in [5.41, 5.74) is 1.63. The van der Waals surface area contributed by atoms with E-state index in [2.05, 4.69) is 5.32 Å². The van der Waals surface area contributed by atoms with E-state index in [9.17, 15) is 18.0 Å². The number of anilines is 1. The Kier molecular flexibility index (Phi) is 11.9. The van der Waals surface area contributed by atoms with E-state index in [0.717, 1.165) is 42.0 Å². The Morgan fingerprint density at radius 1 is 0.766 bits per heavy atom. The van der Waals surface area contributed by atoms with Crippen molar-refractivity contribution in [2.75, 3.05) is 10.8 Å². The van der Waals surface area contributed by atoms with Gasteiger partial charge >= 0.3 is 0 Å². The van der Waals surface area contributed by atoms with Gasteiger partial charge in [-0.2, -0.15) is 0 Å². The normalized spacial score (nSPS) is 14.3. The fourth-order valence-electron chi connectivity index (χ4n) is 5.85. The summed E-state index contributed by atoms with van der Waals surface area (Å²) in [6, 6.07) is 27.8. The summed E-state index contributed by atoms with van der Waals surface area (Å²) in [6.45, 7) is -0.607. The summed E-state index contributed by atoms with van der Waals surface area (Å²) in [7, 11) is -4.29. The standard InChI is InChI=1S/C36H36Cl3N3O4S/c37-28-14-10-13-27(21-28)24-41(34(22-26-11-4-1-5-12-26)36(44)40-30-15-6-2-7-16-30)35(43)25-42(33-20-19-29(38)23-32(33)39)47(45,46)31-17-8-3-9-18-31/h1,3-5,8-14,17-21,23,30,34H,2,6-7,15-16,22,24-25H2,(H,40,44)/t34-/m0/s1. The van der Waals surface area contributed by atoms with Gasteiger partial charge in [0, 0.05) is 29.1 Å². The Labute approximate surface area is 291 Å². The molecule has 1 saturated carbocycles. The van der Waals surface area contributed by atoms with Crippen LogP contribution in [-0.2, 0) is 32.6 Å². The predicted octanol–water partition coefficient (Wildman–Crippen LogP) is 7.93. The molecule has 4 aromatic carbocycles. The first-order valence-corrected chi connectivity index (χ1v) is 18.1. The highest BCUT2D eigenvalue weighted by molar-refractivity contribution is 7.92. The molecule has 0 radical (unpaired) electrons. The molecule has 246 valence electrons. The fourth-order valence-corrected chi connectivity index (χ4v) is 8.07. The number of sulfonamides is 1. The van der Waals surface area contributed by atoms with Crippen molar-refractivity contribution >= 4 is 62.3 Å². The van der Waals surface area contributed by atoms with Crippen LogP contribution in [0, 0.1) is 0 Å². The van der Waals surface area contributed by atoms with Gasteiger partial charge in [0.1, 0.15) is 12.6 Å². The number of benzene rings is 4. The van der Waals surface area contributed by atoms with Crippen LogP contribution in [0.15, 0.2) is 108 Å². The second-order valence-electron chi connectivity index (χ2n) is 11.6. The Bertz CT molecular complexity index is 1790. The summed E-state index contributed by atoms with van der Waals surface area (Å²) in [6.07, 6.45) is 5.12. The zero-order valence-electron chi connectivity index (χ0n) is 25.7. The van der Waals surface area contributed by atoms with E-state index in [-0.39, 0.29) is 40.5 Å². The molecule has 1 aliphatic carbocycles. The van der Waals surface area contributed by atoms with Gasteiger partial charge in [0.15, 0.2) is 0 Å². The van der Waals surface area contributed by atoms with Gasteiger partial charge in [-0.1, -0.05) is 115 Å². The number of hydrogen-bond acceptors (Lipinski definition) is 4. The van der Waals surface area contributed by atoms with E-state index in [4.69, 9.17) is 34.8 Å².